The number of aromatic nitrogens is 2. The average molecular weight is 653 g/mol. The molecule has 2 unspecified atom stereocenters. The van der Waals surface area contributed by atoms with Gasteiger partial charge in [0.2, 0.25) is 6.23 Å². The molecule has 0 amide bonds. The number of ether oxygens (including phenoxy) is 4. The Morgan fingerprint density at radius 2 is 1.53 bits per heavy atom. The predicted octanol–water partition coefficient (Wildman–Crippen LogP) is 9.25. The zero-order valence-corrected chi connectivity index (χ0v) is 30.0. The highest BCUT2D eigenvalue weighted by Crippen LogP contribution is 2.33. The monoisotopic (exact) mass is 652 g/mol. The van der Waals surface area contributed by atoms with E-state index < -0.39 is 11.8 Å². The van der Waals surface area contributed by atoms with E-state index in [0.717, 1.165) is 88.4 Å². The van der Waals surface area contributed by atoms with Crippen LogP contribution in [0.1, 0.15) is 149 Å². The smallest absolute Gasteiger partial charge is 0.475 e. The fourth-order valence-corrected chi connectivity index (χ4v) is 6.23. The first-order valence-corrected chi connectivity index (χ1v) is 18.3. The number of hydrogen-bond donors (Lipinski definition) is 0. The molecular formula is C35H62N3O6S+. The molecule has 0 aliphatic carbocycles. The Balaban J connectivity index is 1.64. The van der Waals surface area contributed by atoms with Crippen LogP contribution in [0.25, 0.3) is 5.57 Å². The van der Waals surface area contributed by atoms with Crippen molar-refractivity contribution in [1.82, 2.24) is 8.75 Å². The summed E-state index contributed by atoms with van der Waals surface area (Å²) < 4.78 is 32.4. The van der Waals surface area contributed by atoms with Crippen molar-refractivity contribution in [1.29, 1.82) is 0 Å². The van der Waals surface area contributed by atoms with E-state index in [9.17, 15) is 9.59 Å². The predicted molar refractivity (Wildman–Crippen MR) is 181 cm³/mol. The molecule has 0 saturated carbocycles. The van der Waals surface area contributed by atoms with Gasteiger partial charge in [0.25, 0.3) is 5.88 Å². The second-order valence-corrected chi connectivity index (χ2v) is 14.2. The number of carbonyl (C=O) groups excluding carboxylic acids is 2. The third-order valence-electron chi connectivity index (χ3n) is 8.19. The Morgan fingerprint density at radius 3 is 2.20 bits per heavy atom. The van der Waals surface area contributed by atoms with E-state index in [1.807, 2.05) is 20.8 Å². The lowest BCUT2D eigenvalue weighted by atomic mass is 10.0. The topological polar surface area (TPSA) is 96.8 Å². The molecule has 0 bridgehead atoms. The van der Waals surface area contributed by atoms with Gasteiger partial charge in [-0.1, -0.05) is 84.1 Å². The third-order valence-corrected chi connectivity index (χ3v) is 8.70. The van der Waals surface area contributed by atoms with Crippen molar-refractivity contribution < 1.29 is 33.0 Å². The first-order valence-electron chi connectivity index (χ1n) is 17.6. The molecule has 2 rings (SSSR count). The van der Waals surface area contributed by atoms with E-state index in [2.05, 4.69) is 35.7 Å². The summed E-state index contributed by atoms with van der Waals surface area (Å²) in [4.78, 5) is 24.5. The molecule has 258 valence electrons. The number of esters is 1. The maximum atomic E-state index is 12.7. The molecular weight excluding hydrogens is 590 g/mol. The Morgan fingerprint density at radius 1 is 0.889 bits per heavy atom. The fourth-order valence-electron chi connectivity index (χ4n) is 5.70. The van der Waals surface area contributed by atoms with Gasteiger partial charge in [-0.25, -0.2) is 4.79 Å². The molecule has 45 heavy (non-hydrogen) atoms. The minimum atomic E-state index is -0.568. The second kappa shape index (κ2) is 21.6. The number of hydrogen-bond acceptors (Lipinski definition) is 9. The van der Waals surface area contributed by atoms with Crippen LogP contribution < -0.4 is 4.74 Å². The van der Waals surface area contributed by atoms with Gasteiger partial charge in [-0.3, -0.25) is 9.28 Å². The van der Waals surface area contributed by atoms with Crippen molar-refractivity contribution in [3.05, 3.63) is 11.8 Å². The number of quaternary nitrogens is 1. The van der Waals surface area contributed by atoms with Gasteiger partial charge in [0.1, 0.15) is 17.8 Å². The number of unbranched alkanes of at least 4 members (excludes halogenated alkanes) is 11. The van der Waals surface area contributed by atoms with Gasteiger partial charge in [0.15, 0.2) is 0 Å². The summed E-state index contributed by atoms with van der Waals surface area (Å²) in [6, 6.07) is 0. The van der Waals surface area contributed by atoms with Crippen molar-refractivity contribution in [2.75, 3.05) is 33.4 Å². The number of nitrogens with zero attached hydrogens (tertiary/aromatic N) is 3. The van der Waals surface area contributed by atoms with Crippen LogP contribution in [0.4, 0.5) is 4.79 Å². The Hall–Kier alpha value is -2.20. The summed E-state index contributed by atoms with van der Waals surface area (Å²) in [7, 11) is 2.16. The molecule has 1 aliphatic rings. The molecule has 1 aliphatic heterocycles. The Kier molecular flexibility index (Phi) is 18.7. The minimum Gasteiger partial charge on any atom is -0.475 e. The maximum Gasteiger partial charge on any atom is 0.512 e. The van der Waals surface area contributed by atoms with Crippen LogP contribution in [0, 0.1) is 0 Å². The molecule has 0 fully saturated rings. The molecule has 10 heteroatoms. The minimum absolute atomic E-state index is 0.0971. The van der Waals surface area contributed by atoms with Crippen molar-refractivity contribution in [3.8, 4) is 5.88 Å². The summed E-state index contributed by atoms with van der Waals surface area (Å²) in [5.41, 5.74) is 1.54. The van der Waals surface area contributed by atoms with Crippen LogP contribution in [0.3, 0.4) is 0 Å². The van der Waals surface area contributed by atoms with E-state index in [0.29, 0.717) is 36.5 Å². The van der Waals surface area contributed by atoms with E-state index in [1.54, 1.807) is 0 Å². The Bertz CT molecular complexity index is 1010. The first-order chi connectivity index (χ1) is 21.6. The fraction of sp³-hybridized carbons (Fsp3) is 0.829. The Labute approximate surface area is 277 Å². The molecule has 0 spiro atoms. The third kappa shape index (κ3) is 16.3. The summed E-state index contributed by atoms with van der Waals surface area (Å²) in [6.07, 6.45) is 18.8. The van der Waals surface area contributed by atoms with Gasteiger partial charge >= 0.3 is 12.1 Å². The maximum absolute atomic E-state index is 12.7. The van der Waals surface area contributed by atoms with Gasteiger partial charge < -0.3 is 18.9 Å². The van der Waals surface area contributed by atoms with Gasteiger partial charge in [0, 0.05) is 24.8 Å². The quantitative estimate of drug-likeness (QED) is 0.0656. The normalized spacial score (nSPS) is 17.4. The van der Waals surface area contributed by atoms with Gasteiger partial charge in [-0.15, -0.1) is 4.37 Å². The summed E-state index contributed by atoms with van der Waals surface area (Å²) in [6.45, 7) is 12.7. The zero-order chi connectivity index (χ0) is 33.0. The second-order valence-electron chi connectivity index (χ2n) is 13.7. The summed E-state index contributed by atoms with van der Waals surface area (Å²) >= 11 is 1.19. The molecule has 0 saturated heterocycles. The zero-order valence-electron chi connectivity index (χ0n) is 29.2. The molecule has 0 aromatic carbocycles. The highest BCUT2D eigenvalue weighted by Gasteiger charge is 2.39. The number of rotatable bonds is 23. The molecule has 2 heterocycles. The first kappa shape index (κ1) is 39.0. The lowest BCUT2D eigenvalue weighted by Gasteiger charge is -2.42. The molecule has 2 atom stereocenters. The largest absolute Gasteiger partial charge is 0.512 e. The summed E-state index contributed by atoms with van der Waals surface area (Å²) in [5, 5.41) is 0. The van der Waals surface area contributed by atoms with Crippen LogP contribution in [0.5, 0.6) is 5.88 Å². The lowest BCUT2D eigenvalue weighted by Crippen LogP contribution is -2.56. The molecule has 0 radical (unpaired) electrons. The van der Waals surface area contributed by atoms with Crippen LogP contribution in [0.15, 0.2) is 6.08 Å². The number of likely N-dealkylation sites (N-methyl/N-ethyl adjacent to an activating group) is 1. The molecule has 1 aromatic heterocycles. The van der Waals surface area contributed by atoms with Crippen LogP contribution in [-0.2, 0) is 19.0 Å². The van der Waals surface area contributed by atoms with Crippen molar-refractivity contribution in [2.45, 2.75) is 156 Å². The van der Waals surface area contributed by atoms with E-state index in [-0.39, 0.29) is 12.2 Å². The standard InChI is InChI=1S/C35H62N3O6S/c1-7-9-10-19-26-41-33-32(36-45-37-33)29-23-21-25-38(6,28-29)30(22-8-2)43-34(40)42-27-20-17-15-13-11-12-14-16-18-24-31(39)44-35(3,4)5/h23,30H,7-22,24-28H2,1-6H3/q+1. The lowest BCUT2D eigenvalue weighted by molar-refractivity contribution is -0.947. The van der Waals surface area contributed by atoms with E-state index >= 15 is 0 Å². The van der Waals surface area contributed by atoms with Gasteiger partial charge in [-0.2, -0.15) is 4.37 Å². The highest BCUT2D eigenvalue weighted by atomic mass is 32.1. The van der Waals surface area contributed by atoms with Crippen LogP contribution >= 0.6 is 11.7 Å². The van der Waals surface area contributed by atoms with E-state index in [1.165, 1.54) is 43.8 Å². The van der Waals surface area contributed by atoms with Crippen molar-refractivity contribution >= 4 is 29.4 Å². The van der Waals surface area contributed by atoms with Crippen LogP contribution in [0.2, 0.25) is 0 Å². The highest BCUT2D eigenvalue weighted by molar-refractivity contribution is 6.99. The van der Waals surface area contributed by atoms with Gasteiger partial charge in [0.05, 0.1) is 38.5 Å². The van der Waals surface area contributed by atoms with E-state index in [4.69, 9.17) is 18.9 Å². The van der Waals surface area contributed by atoms with Crippen molar-refractivity contribution in [3.63, 3.8) is 0 Å². The summed E-state index contributed by atoms with van der Waals surface area (Å²) in [5.74, 6) is 0.527. The molecule has 9 nitrogen and oxygen atoms in total. The molecule has 1 aromatic rings. The van der Waals surface area contributed by atoms with Gasteiger partial charge in [-0.05, 0) is 46.5 Å². The molecule has 0 N–H and O–H groups in total. The SMILES string of the molecule is CCCCCCOc1nsnc1C1=CCC[N+](C)(C(CCC)OC(=O)OCCCCCCCCCCCC(=O)OC(C)(C)C)C1. The van der Waals surface area contributed by atoms with Crippen molar-refractivity contribution in [2.24, 2.45) is 0 Å². The van der Waals surface area contributed by atoms with Crippen LogP contribution in [-0.4, -0.2) is 70.5 Å². The number of carbonyl (C=O) groups is 2. The average Bonchev–Trinajstić information content (AvgIpc) is 3.45.